The van der Waals surface area contributed by atoms with E-state index in [4.69, 9.17) is 16.3 Å². The van der Waals surface area contributed by atoms with Crippen LogP contribution >= 0.6 is 23.4 Å². The molecule has 1 aromatic rings. The average molecular weight is 372 g/mol. The van der Waals surface area contributed by atoms with E-state index < -0.39 is 4.92 Å². The number of halogens is 1. The molecule has 1 atom stereocenters. The predicted octanol–water partition coefficient (Wildman–Crippen LogP) is 3.18. The second-order valence-corrected chi connectivity index (χ2v) is 7.87. The molecule has 0 radical (unpaired) electrons. The predicted molar refractivity (Wildman–Crippen MR) is 98.4 cm³/mol. The van der Waals surface area contributed by atoms with Crippen molar-refractivity contribution < 1.29 is 9.66 Å². The van der Waals surface area contributed by atoms with Gasteiger partial charge in [0.1, 0.15) is 0 Å². The molecular formula is C16H22ClN3O3S. The van der Waals surface area contributed by atoms with Crippen LogP contribution in [-0.2, 0) is 4.74 Å². The van der Waals surface area contributed by atoms with Crippen LogP contribution in [0.5, 0.6) is 0 Å². The van der Waals surface area contributed by atoms with Crippen LogP contribution in [0.15, 0.2) is 12.1 Å². The van der Waals surface area contributed by atoms with Gasteiger partial charge in [-0.1, -0.05) is 11.6 Å². The first kappa shape index (κ1) is 17.8. The molecule has 2 fully saturated rings. The summed E-state index contributed by atoms with van der Waals surface area (Å²) in [7, 11) is 0. The van der Waals surface area contributed by atoms with E-state index in [1.807, 2.05) is 18.7 Å². The number of hydrogen-bond donors (Lipinski definition) is 1. The lowest BCUT2D eigenvalue weighted by atomic mass is 9.95. The Hall–Kier alpha value is -1.02. The molecule has 1 unspecified atom stereocenters. The van der Waals surface area contributed by atoms with Crippen molar-refractivity contribution in [1.82, 2.24) is 4.90 Å². The highest BCUT2D eigenvalue weighted by Crippen LogP contribution is 2.36. The number of nitrogens with zero attached hydrogens (tertiary/aromatic N) is 2. The van der Waals surface area contributed by atoms with Gasteiger partial charge < -0.3 is 10.1 Å². The zero-order valence-electron chi connectivity index (χ0n) is 13.7. The standard InChI is InChI=1S/C16H22ClN3O3S/c1-12-8-13(20(21)22)9-14(17)15(12)18-10-16(2-7-24-11-16)19-3-5-23-6-4-19/h8-9,18H,2-7,10-11H2,1H3. The Kier molecular flexibility index (Phi) is 5.54. The molecular weight excluding hydrogens is 350 g/mol. The number of hydrogen-bond acceptors (Lipinski definition) is 6. The maximum Gasteiger partial charge on any atom is 0.271 e. The number of nitrogens with one attached hydrogen (secondary N) is 1. The minimum Gasteiger partial charge on any atom is -0.382 e. The van der Waals surface area contributed by atoms with Crippen molar-refractivity contribution in [2.45, 2.75) is 18.9 Å². The van der Waals surface area contributed by atoms with Gasteiger partial charge in [0.2, 0.25) is 0 Å². The third kappa shape index (κ3) is 3.64. The molecule has 0 amide bonds. The number of ether oxygens (including phenoxy) is 1. The van der Waals surface area contributed by atoms with Crippen LogP contribution in [0.25, 0.3) is 0 Å². The fraction of sp³-hybridized carbons (Fsp3) is 0.625. The Bertz CT molecular complexity index is 594. The number of aryl methyl sites for hydroxylation is 1. The summed E-state index contributed by atoms with van der Waals surface area (Å²) in [6.45, 7) is 6.11. The molecule has 0 bridgehead atoms. The summed E-state index contributed by atoms with van der Waals surface area (Å²) in [5.74, 6) is 2.25. The molecule has 2 saturated heterocycles. The van der Waals surface area contributed by atoms with Gasteiger partial charge >= 0.3 is 0 Å². The lowest BCUT2D eigenvalue weighted by molar-refractivity contribution is -0.384. The molecule has 0 aliphatic carbocycles. The average Bonchev–Trinajstić information content (AvgIpc) is 3.05. The summed E-state index contributed by atoms with van der Waals surface area (Å²) >= 11 is 8.27. The Morgan fingerprint density at radius 2 is 2.21 bits per heavy atom. The van der Waals surface area contributed by atoms with E-state index in [9.17, 15) is 10.1 Å². The van der Waals surface area contributed by atoms with E-state index in [1.54, 1.807) is 6.07 Å². The Balaban J connectivity index is 1.76. The number of nitro groups is 1. The lowest BCUT2D eigenvalue weighted by Gasteiger charge is -2.43. The minimum absolute atomic E-state index is 0.0300. The molecule has 3 rings (SSSR count). The van der Waals surface area contributed by atoms with Gasteiger partial charge in [0.05, 0.1) is 28.8 Å². The quantitative estimate of drug-likeness (QED) is 0.633. The van der Waals surface area contributed by atoms with Gasteiger partial charge in [-0.15, -0.1) is 0 Å². The topological polar surface area (TPSA) is 67.6 Å². The summed E-state index contributed by atoms with van der Waals surface area (Å²) in [6.07, 6.45) is 1.13. The van der Waals surface area contributed by atoms with Gasteiger partial charge in [-0.05, 0) is 24.7 Å². The molecule has 2 heterocycles. The number of anilines is 1. The number of morpholine rings is 1. The molecule has 132 valence electrons. The van der Waals surface area contributed by atoms with Gasteiger partial charge in [0.25, 0.3) is 5.69 Å². The monoisotopic (exact) mass is 371 g/mol. The van der Waals surface area contributed by atoms with Crippen LogP contribution in [0.4, 0.5) is 11.4 Å². The number of rotatable bonds is 5. The van der Waals surface area contributed by atoms with E-state index in [1.165, 1.54) is 6.07 Å². The zero-order chi connectivity index (χ0) is 17.2. The van der Waals surface area contributed by atoms with Gasteiger partial charge in [-0.2, -0.15) is 11.8 Å². The maximum atomic E-state index is 10.9. The van der Waals surface area contributed by atoms with Crippen molar-refractivity contribution >= 4 is 34.7 Å². The van der Waals surface area contributed by atoms with Crippen molar-refractivity contribution in [2.24, 2.45) is 0 Å². The highest BCUT2D eigenvalue weighted by molar-refractivity contribution is 7.99. The van der Waals surface area contributed by atoms with Crippen LogP contribution < -0.4 is 5.32 Å². The molecule has 1 aromatic carbocycles. The van der Waals surface area contributed by atoms with Gasteiger partial charge in [-0.25, -0.2) is 0 Å². The zero-order valence-corrected chi connectivity index (χ0v) is 15.3. The van der Waals surface area contributed by atoms with Gasteiger partial charge in [0.15, 0.2) is 0 Å². The lowest BCUT2D eigenvalue weighted by Crippen LogP contribution is -2.57. The highest BCUT2D eigenvalue weighted by atomic mass is 35.5. The Morgan fingerprint density at radius 3 is 2.79 bits per heavy atom. The molecule has 6 nitrogen and oxygen atoms in total. The van der Waals surface area contributed by atoms with Gasteiger partial charge in [0, 0.05) is 43.1 Å². The first-order valence-corrected chi connectivity index (χ1v) is 9.64. The summed E-state index contributed by atoms with van der Waals surface area (Å²) < 4.78 is 5.49. The van der Waals surface area contributed by atoms with Crippen molar-refractivity contribution in [3.05, 3.63) is 32.8 Å². The summed E-state index contributed by atoms with van der Waals surface area (Å²) in [4.78, 5) is 13.1. The Morgan fingerprint density at radius 1 is 1.46 bits per heavy atom. The van der Waals surface area contributed by atoms with Crippen LogP contribution in [0.2, 0.25) is 5.02 Å². The molecule has 0 saturated carbocycles. The van der Waals surface area contributed by atoms with Crippen LogP contribution in [0.3, 0.4) is 0 Å². The number of benzene rings is 1. The second kappa shape index (κ2) is 7.47. The number of thioether (sulfide) groups is 1. The molecule has 0 aromatic heterocycles. The summed E-state index contributed by atoms with van der Waals surface area (Å²) in [5.41, 5.74) is 1.73. The normalized spacial score (nSPS) is 24.9. The van der Waals surface area contributed by atoms with Crippen LogP contribution in [-0.4, -0.2) is 59.7 Å². The van der Waals surface area contributed by atoms with Crippen molar-refractivity contribution in [2.75, 3.05) is 49.7 Å². The van der Waals surface area contributed by atoms with E-state index in [2.05, 4.69) is 10.2 Å². The van der Waals surface area contributed by atoms with E-state index in [-0.39, 0.29) is 11.2 Å². The number of nitro benzene ring substituents is 1. The van der Waals surface area contributed by atoms with Crippen LogP contribution in [0.1, 0.15) is 12.0 Å². The first-order valence-electron chi connectivity index (χ1n) is 8.11. The highest BCUT2D eigenvalue weighted by Gasteiger charge is 2.40. The molecule has 2 aliphatic heterocycles. The second-order valence-electron chi connectivity index (χ2n) is 6.36. The van der Waals surface area contributed by atoms with Crippen LogP contribution in [0, 0.1) is 17.0 Å². The molecule has 0 spiro atoms. The van der Waals surface area contributed by atoms with Gasteiger partial charge in [-0.3, -0.25) is 15.0 Å². The van der Waals surface area contributed by atoms with E-state index in [0.717, 1.165) is 62.0 Å². The smallest absolute Gasteiger partial charge is 0.271 e. The number of non-ortho nitro benzene ring substituents is 1. The molecule has 24 heavy (non-hydrogen) atoms. The van der Waals surface area contributed by atoms with Crippen molar-refractivity contribution in [1.29, 1.82) is 0 Å². The van der Waals surface area contributed by atoms with Crippen molar-refractivity contribution in [3.63, 3.8) is 0 Å². The molecule has 2 aliphatic rings. The van der Waals surface area contributed by atoms with E-state index >= 15 is 0 Å². The minimum atomic E-state index is -0.411. The fourth-order valence-electron chi connectivity index (χ4n) is 3.44. The third-order valence-electron chi connectivity index (χ3n) is 4.84. The third-order valence-corrected chi connectivity index (χ3v) is 6.37. The summed E-state index contributed by atoms with van der Waals surface area (Å²) in [6, 6.07) is 2.99. The Labute approximate surface area is 151 Å². The molecule has 8 heteroatoms. The fourth-order valence-corrected chi connectivity index (χ4v) is 5.25. The van der Waals surface area contributed by atoms with Crippen molar-refractivity contribution in [3.8, 4) is 0 Å². The maximum absolute atomic E-state index is 10.9. The largest absolute Gasteiger partial charge is 0.382 e. The SMILES string of the molecule is Cc1cc([N+](=O)[O-])cc(Cl)c1NCC1(N2CCOCC2)CCSC1. The first-order chi connectivity index (χ1) is 11.5. The molecule has 1 N–H and O–H groups in total. The summed E-state index contributed by atoms with van der Waals surface area (Å²) in [5, 5.41) is 14.8. The van der Waals surface area contributed by atoms with E-state index in [0.29, 0.717) is 5.02 Å².